The Morgan fingerprint density at radius 1 is 1.14 bits per heavy atom. The second kappa shape index (κ2) is 15.2. The molecule has 0 bridgehead atoms. The van der Waals surface area contributed by atoms with E-state index >= 15 is 0 Å². The number of pyridine rings is 1. The maximum atomic E-state index is 14.7. The van der Waals surface area contributed by atoms with Gasteiger partial charge in [0, 0.05) is 37.5 Å². The summed E-state index contributed by atoms with van der Waals surface area (Å²) in [5.41, 5.74) is -1.10. The Balaban J connectivity index is 1.48. The number of halogens is 1. The summed E-state index contributed by atoms with van der Waals surface area (Å²) in [5.74, 6) is -1.38. The zero-order chi connectivity index (χ0) is 35.5. The normalized spacial score (nSPS) is 24.7. The van der Waals surface area contributed by atoms with E-state index in [2.05, 4.69) is 4.98 Å². The largest absolute Gasteiger partial charge is 0.488 e. The Kier molecular flexibility index (Phi) is 11.4. The molecule has 0 radical (unpaired) electrons. The summed E-state index contributed by atoms with van der Waals surface area (Å²) in [6.07, 6.45) is 2.01. The van der Waals surface area contributed by atoms with Crippen molar-refractivity contribution >= 4 is 46.1 Å². The Bertz CT molecular complexity index is 1550. The van der Waals surface area contributed by atoms with Gasteiger partial charge in [-0.2, -0.15) is 0 Å². The summed E-state index contributed by atoms with van der Waals surface area (Å²) in [5, 5.41) is 1.10. The zero-order valence-corrected chi connectivity index (χ0v) is 30.2. The molecule has 3 heterocycles. The van der Waals surface area contributed by atoms with Gasteiger partial charge in [0.15, 0.2) is 5.78 Å². The molecule has 1 aromatic carbocycles. The van der Waals surface area contributed by atoms with Gasteiger partial charge in [-0.05, 0) is 70.9 Å². The summed E-state index contributed by atoms with van der Waals surface area (Å²) >= 11 is 6.51. The molecule has 268 valence electrons. The van der Waals surface area contributed by atoms with Crippen LogP contribution in [0.5, 0.6) is 11.6 Å². The zero-order valence-electron chi connectivity index (χ0n) is 29.4. The van der Waals surface area contributed by atoms with Crippen LogP contribution in [0.3, 0.4) is 0 Å². The van der Waals surface area contributed by atoms with Gasteiger partial charge in [0.05, 0.1) is 54.6 Å². The predicted molar refractivity (Wildman–Crippen MR) is 182 cm³/mol. The molecule has 5 atom stereocenters. The summed E-state index contributed by atoms with van der Waals surface area (Å²) in [4.78, 5) is 61.2. The van der Waals surface area contributed by atoms with Gasteiger partial charge in [-0.1, -0.05) is 31.0 Å². The third-order valence-corrected chi connectivity index (χ3v) is 10.3. The van der Waals surface area contributed by atoms with E-state index in [1.165, 1.54) is 7.11 Å². The number of carbonyl (C=O) groups is 4. The number of likely N-dealkylation sites (tertiary alicyclic amines) is 1. The Labute approximate surface area is 293 Å². The van der Waals surface area contributed by atoms with Crippen molar-refractivity contribution in [3.05, 3.63) is 29.3 Å². The molecule has 0 N–H and O–H groups in total. The van der Waals surface area contributed by atoms with Crippen molar-refractivity contribution in [2.24, 2.45) is 23.2 Å². The minimum Gasteiger partial charge on any atom is -0.488 e. The van der Waals surface area contributed by atoms with Gasteiger partial charge in [-0.3, -0.25) is 19.2 Å². The molecule has 2 aliphatic heterocycles. The molecule has 0 spiro atoms. The van der Waals surface area contributed by atoms with Crippen LogP contribution in [0.25, 0.3) is 10.9 Å². The van der Waals surface area contributed by atoms with Gasteiger partial charge in [0.25, 0.3) is 0 Å². The van der Waals surface area contributed by atoms with Gasteiger partial charge in [0.1, 0.15) is 17.5 Å². The summed E-state index contributed by atoms with van der Waals surface area (Å²) < 4.78 is 28.7. The number of ether oxygens (including phenoxy) is 5. The topological polar surface area (TPSA) is 131 Å². The van der Waals surface area contributed by atoms with Crippen LogP contribution in [-0.4, -0.2) is 84.7 Å². The van der Waals surface area contributed by atoms with Gasteiger partial charge < -0.3 is 28.6 Å². The van der Waals surface area contributed by atoms with E-state index in [0.717, 1.165) is 6.42 Å². The lowest BCUT2D eigenvalue weighted by Gasteiger charge is -2.34. The molecule has 11 nitrogen and oxygen atoms in total. The van der Waals surface area contributed by atoms with Crippen molar-refractivity contribution in [1.29, 1.82) is 0 Å². The Morgan fingerprint density at radius 2 is 1.88 bits per heavy atom. The number of hydrogen-bond donors (Lipinski definition) is 0. The first-order valence-electron chi connectivity index (χ1n) is 17.4. The van der Waals surface area contributed by atoms with Crippen LogP contribution in [0, 0.1) is 23.2 Å². The van der Waals surface area contributed by atoms with Crippen molar-refractivity contribution in [3.8, 4) is 11.6 Å². The SMILES string of the molecule is CCOc1cc(O[C@@H]2C[C@@H](C(=O)C[C@]3(C(=O)OC)C[C@H]3CC)N(C(=O)[C@@H](CC(=O)OC(C)(C)C)C3CCOCC3)C2)c2cccc(Cl)c2n1. The monoisotopic (exact) mass is 700 g/mol. The molecule has 2 saturated heterocycles. The van der Waals surface area contributed by atoms with E-state index in [4.69, 9.17) is 35.3 Å². The molecule has 3 fully saturated rings. The third kappa shape index (κ3) is 8.31. The third-order valence-electron chi connectivity index (χ3n) is 10.00. The van der Waals surface area contributed by atoms with Crippen LogP contribution in [-0.2, 0) is 33.4 Å². The van der Waals surface area contributed by atoms with Crippen LogP contribution in [0.2, 0.25) is 5.02 Å². The lowest BCUT2D eigenvalue weighted by molar-refractivity contribution is -0.160. The molecule has 1 saturated carbocycles. The molecule has 1 aliphatic carbocycles. The summed E-state index contributed by atoms with van der Waals surface area (Å²) in [6, 6.07) is 6.22. The number of methoxy groups -OCH3 is 1. The molecular weight excluding hydrogens is 652 g/mol. The fraction of sp³-hybridized carbons (Fsp3) is 0.649. The number of nitrogens with zero attached hydrogens (tertiary/aromatic N) is 2. The van der Waals surface area contributed by atoms with E-state index in [1.54, 1.807) is 43.9 Å². The maximum absolute atomic E-state index is 14.7. The Morgan fingerprint density at radius 3 is 2.51 bits per heavy atom. The van der Waals surface area contributed by atoms with Crippen molar-refractivity contribution in [2.75, 3.05) is 33.5 Å². The number of esters is 2. The molecule has 2 aromatic rings. The van der Waals surface area contributed by atoms with Crippen molar-refractivity contribution < 1.29 is 42.9 Å². The predicted octanol–water partition coefficient (Wildman–Crippen LogP) is 5.96. The number of fused-ring (bicyclic) bond motifs is 1. The van der Waals surface area contributed by atoms with Crippen LogP contribution in [0.1, 0.15) is 79.6 Å². The Hall–Kier alpha value is -3.44. The van der Waals surface area contributed by atoms with Crippen molar-refractivity contribution in [1.82, 2.24) is 9.88 Å². The highest BCUT2D eigenvalue weighted by atomic mass is 35.5. The molecule has 5 rings (SSSR count). The number of rotatable bonds is 13. The summed E-state index contributed by atoms with van der Waals surface area (Å²) in [6.45, 7) is 10.7. The highest BCUT2D eigenvalue weighted by Crippen LogP contribution is 2.58. The molecule has 49 heavy (non-hydrogen) atoms. The van der Waals surface area contributed by atoms with E-state index in [0.29, 0.717) is 66.6 Å². The van der Waals surface area contributed by atoms with E-state index in [1.807, 2.05) is 19.9 Å². The maximum Gasteiger partial charge on any atom is 0.312 e. The molecule has 3 aliphatic rings. The first-order valence-corrected chi connectivity index (χ1v) is 17.8. The molecular formula is C37H49ClN2O9. The van der Waals surface area contributed by atoms with Gasteiger partial charge in [-0.15, -0.1) is 0 Å². The highest BCUT2D eigenvalue weighted by Gasteiger charge is 2.61. The number of hydrogen-bond acceptors (Lipinski definition) is 10. The molecule has 12 heteroatoms. The molecule has 0 unspecified atom stereocenters. The number of amides is 1. The lowest BCUT2D eigenvalue weighted by Crippen LogP contribution is -2.47. The number of benzene rings is 1. The van der Waals surface area contributed by atoms with Gasteiger partial charge in [-0.25, -0.2) is 4.98 Å². The van der Waals surface area contributed by atoms with E-state index in [-0.39, 0.29) is 49.3 Å². The average Bonchev–Trinajstić information content (AvgIpc) is 3.61. The average molecular weight is 701 g/mol. The van der Waals surface area contributed by atoms with Crippen molar-refractivity contribution in [3.63, 3.8) is 0 Å². The number of carbonyl (C=O) groups excluding carboxylic acids is 4. The van der Waals surface area contributed by atoms with Crippen LogP contribution in [0.15, 0.2) is 24.3 Å². The standard InChI is InChI=1S/C37H49ClN2O9/c1-7-23-19-37(23,35(44)45-6)20-29(41)28-16-24(48-30-18-31(47-8-2)39-33-25(30)10-9-11-27(33)38)21-40(28)34(43)26(22-12-14-46-15-13-22)17-32(42)49-36(3,4)5/h9-11,18,22-24,26,28H,7-8,12-17,19-21H2,1-6H3/t23-,24-,26+,28+,37-/m1/s1. The number of aromatic nitrogens is 1. The highest BCUT2D eigenvalue weighted by molar-refractivity contribution is 6.35. The first kappa shape index (κ1) is 36.8. The minimum absolute atomic E-state index is 0.0321. The lowest BCUT2D eigenvalue weighted by atomic mass is 9.82. The van der Waals surface area contributed by atoms with Gasteiger partial charge >= 0.3 is 11.9 Å². The summed E-state index contributed by atoms with van der Waals surface area (Å²) in [7, 11) is 1.34. The number of Topliss-reactive ketones (excluding diaryl/α,β-unsaturated/α-hetero) is 1. The van der Waals surface area contributed by atoms with Crippen LogP contribution >= 0.6 is 11.6 Å². The van der Waals surface area contributed by atoms with E-state index < -0.39 is 41.0 Å². The van der Waals surface area contributed by atoms with E-state index in [9.17, 15) is 19.2 Å². The quantitative estimate of drug-likeness (QED) is 0.231. The minimum atomic E-state index is -0.894. The number of ketones is 1. The second-order valence-corrected chi connectivity index (χ2v) is 14.9. The van der Waals surface area contributed by atoms with Crippen LogP contribution in [0.4, 0.5) is 0 Å². The van der Waals surface area contributed by atoms with Crippen LogP contribution < -0.4 is 9.47 Å². The number of para-hydroxylation sites is 1. The fourth-order valence-corrected chi connectivity index (χ4v) is 7.74. The smallest absolute Gasteiger partial charge is 0.312 e. The first-order chi connectivity index (χ1) is 23.3. The molecule has 1 amide bonds. The fourth-order valence-electron chi connectivity index (χ4n) is 7.53. The van der Waals surface area contributed by atoms with Gasteiger partial charge in [0.2, 0.25) is 11.8 Å². The molecule has 1 aromatic heterocycles. The van der Waals surface area contributed by atoms with Crippen molar-refractivity contribution in [2.45, 2.75) is 97.3 Å². The second-order valence-electron chi connectivity index (χ2n) is 14.5.